The Bertz CT molecular complexity index is 1360. The SMILES string of the molecule is CCOc1ccc(S(=O)(=O)N(CC(=O)N(Cc2ccccc2Cl)[C@H](C)C(=O)NC)c2ccc(C)cc2)cc1. The molecule has 0 aliphatic heterocycles. The molecule has 3 aromatic carbocycles. The van der Waals surface area contributed by atoms with E-state index in [1.807, 2.05) is 13.8 Å². The smallest absolute Gasteiger partial charge is 0.264 e. The number of nitrogens with one attached hydrogen (secondary N) is 1. The molecule has 0 aromatic heterocycles. The molecule has 1 atom stereocenters. The molecule has 0 bridgehead atoms. The Morgan fingerprint density at radius 2 is 1.63 bits per heavy atom. The highest BCUT2D eigenvalue weighted by Gasteiger charge is 2.32. The van der Waals surface area contributed by atoms with E-state index in [9.17, 15) is 18.0 Å². The predicted octanol–water partition coefficient (Wildman–Crippen LogP) is 4.41. The van der Waals surface area contributed by atoms with Crippen LogP contribution in [-0.4, -0.2) is 51.4 Å². The number of carbonyl (C=O) groups excluding carboxylic acids is 2. The highest BCUT2D eigenvalue weighted by Crippen LogP contribution is 2.27. The normalized spacial score (nSPS) is 11.9. The van der Waals surface area contributed by atoms with Crippen LogP contribution in [0.3, 0.4) is 0 Å². The molecule has 0 saturated carbocycles. The van der Waals surface area contributed by atoms with Gasteiger partial charge in [0.05, 0.1) is 17.2 Å². The molecule has 10 heteroatoms. The average molecular weight is 558 g/mol. The Kier molecular flexibility index (Phi) is 9.77. The molecule has 0 saturated heterocycles. The number of ether oxygens (including phenoxy) is 1. The van der Waals surface area contributed by atoms with Crippen molar-refractivity contribution in [3.8, 4) is 5.75 Å². The monoisotopic (exact) mass is 557 g/mol. The molecular weight excluding hydrogens is 526 g/mol. The number of anilines is 1. The molecule has 3 rings (SSSR count). The second-order valence-corrected chi connectivity index (χ2v) is 10.9. The molecule has 0 spiro atoms. The number of rotatable bonds is 11. The fourth-order valence-electron chi connectivity index (χ4n) is 3.84. The maximum atomic E-state index is 13.8. The van der Waals surface area contributed by atoms with Gasteiger partial charge in [-0.2, -0.15) is 0 Å². The van der Waals surface area contributed by atoms with E-state index in [1.54, 1.807) is 67.6 Å². The van der Waals surface area contributed by atoms with E-state index >= 15 is 0 Å². The van der Waals surface area contributed by atoms with E-state index in [4.69, 9.17) is 16.3 Å². The quantitative estimate of drug-likeness (QED) is 0.377. The van der Waals surface area contributed by atoms with Gasteiger partial charge in [0, 0.05) is 18.6 Å². The molecule has 202 valence electrons. The molecule has 3 aromatic rings. The Morgan fingerprint density at radius 1 is 1.00 bits per heavy atom. The summed E-state index contributed by atoms with van der Waals surface area (Å²) in [7, 11) is -2.68. The van der Waals surface area contributed by atoms with Gasteiger partial charge in [0.25, 0.3) is 10.0 Å². The minimum absolute atomic E-state index is 0.00586. The molecule has 1 N–H and O–H groups in total. The zero-order chi connectivity index (χ0) is 27.9. The van der Waals surface area contributed by atoms with Crippen molar-refractivity contribution in [2.75, 3.05) is 24.5 Å². The largest absolute Gasteiger partial charge is 0.494 e. The maximum Gasteiger partial charge on any atom is 0.264 e. The van der Waals surface area contributed by atoms with Crippen molar-refractivity contribution in [2.45, 2.75) is 38.3 Å². The second-order valence-electron chi connectivity index (χ2n) is 8.65. The number of aryl methyl sites for hydroxylation is 1. The summed E-state index contributed by atoms with van der Waals surface area (Å²) in [6.07, 6.45) is 0. The zero-order valence-corrected chi connectivity index (χ0v) is 23.4. The van der Waals surface area contributed by atoms with Gasteiger partial charge in [-0.05, 0) is 68.8 Å². The standard InChI is InChI=1S/C28H32ClN3O5S/c1-5-37-24-14-16-25(17-15-24)38(35,36)32(23-12-10-20(2)11-13-23)19-27(33)31(21(3)28(34)30-4)18-22-8-6-7-9-26(22)29/h6-17,21H,5,18-19H2,1-4H3,(H,30,34)/t21-/m1/s1. The van der Waals surface area contributed by atoms with Gasteiger partial charge in [-0.1, -0.05) is 47.5 Å². The number of hydrogen-bond donors (Lipinski definition) is 1. The number of hydrogen-bond acceptors (Lipinski definition) is 5. The van der Waals surface area contributed by atoms with Gasteiger partial charge in [0.15, 0.2) is 0 Å². The van der Waals surface area contributed by atoms with Crippen LogP contribution in [0.25, 0.3) is 0 Å². The predicted molar refractivity (Wildman–Crippen MR) is 149 cm³/mol. The minimum atomic E-state index is -4.16. The van der Waals surface area contributed by atoms with E-state index < -0.39 is 28.5 Å². The van der Waals surface area contributed by atoms with Gasteiger partial charge < -0.3 is 15.0 Å². The third-order valence-electron chi connectivity index (χ3n) is 6.04. The van der Waals surface area contributed by atoms with Gasteiger partial charge in [0.1, 0.15) is 18.3 Å². The molecule has 2 amide bonds. The van der Waals surface area contributed by atoms with E-state index in [-0.39, 0.29) is 17.3 Å². The van der Waals surface area contributed by atoms with Crippen LogP contribution in [0, 0.1) is 6.92 Å². The summed E-state index contributed by atoms with van der Waals surface area (Å²) in [6.45, 7) is 5.26. The van der Waals surface area contributed by atoms with Gasteiger partial charge in [-0.3, -0.25) is 13.9 Å². The average Bonchev–Trinajstić information content (AvgIpc) is 2.91. The Labute approximate surface area is 229 Å². The number of nitrogens with zero attached hydrogens (tertiary/aromatic N) is 2. The lowest BCUT2D eigenvalue weighted by atomic mass is 10.1. The van der Waals surface area contributed by atoms with Crippen molar-refractivity contribution in [2.24, 2.45) is 0 Å². The Balaban J connectivity index is 2.02. The first-order valence-corrected chi connectivity index (χ1v) is 14.0. The van der Waals surface area contributed by atoms with E-state index in [2.05, 4.69) is 5.32 Å². The molecule has 38 heavy (non-hydrogen) atoms. The number of amides is 2. The first-order chi connectivity index (χ1) is 18.1. The summed E-state index contributed by atoms with van der Waals surface area (Å²) in [5, 5.41) is 2.99. The molecule has 0 aliphatic carbocycles. The first-order valence-electron chi connectivity index (χ1n) is 12.1. The van der Waals surface area contributed by atoms with Crippen LogP contribution in [0.2, 0.25) is 5.02 Å². The minimum Gasteiger partial charge on any atom is -0.494 e. The van der Waals surface area contributed by atoms with Crippen LogP contribution in [0.4, 0.5) is 5.69 Å². The molecule has 0 fully saturated rings. The van der Waals surface area contributed by atoms with Crippen molar-refractivity contribution in [1.82, 2.24) is 10.2 Å². The highest BCUT2D eigenvalue weighted by atomic mass is 35.5. The van der Waals surface area contributed by atoms with Crippen LogP contribution in [0.15, 0.2) is 77.7 Å². The first kappa shape index (κ1) is 29.0. The van der Waals surface area contributed by atoms with Gasteiger partial charge >= 0.3 is 0 Å². The van der Waals surface area contributed by atoms with E-state index in [1.165, 1.54) is 24.1 Å². The lowest BCUT2D eigenvalue weighted by molar-refractivity contribution is -0.139. The Morgan fingerprint density at radius 3 is 2.21 bits per heavy atom. The summed E-state index contributed by atoms with van der Waals surface area (Å²) in [4.78, 5) is 27.6. The summed E-state index contributed by atoms with van der Waals surface area (Å²) in [6, 6.07) is 19.0. The third-order valence-corrected chi connectivity index (χ3v) is 8.19. The fourth-order valence-corrected chi connectivity index (χ4v) is 5.45. The fraction of sp³-hybridized carbons (Fsp3) is 0.286. The summed E-state index contributed by atoms with van der Waals surface area (Å²) in [5.41, 5.74) is 1.89. The molecule has 8 nitrogen and oxygen atoms in total. The van der Waals surface area contributed by atoms with Gasteiger partial charge in [-0.15, -0.1) is 0 Å². The lowest BCUT2D eigenvalue weighted by Crippen LogP contribution is -2.50. The second kappa shape index (κ2) is 12.8. The van der Waals surface area contributed by atoms with Crippen LogP contribution >= 0.6 is 11.6 Å². The van der Waals surface area contributed by atoms with E-state index in [0.29, 0.717) is 28.6 Å². The molecule has 0 radical (unpaired) electrons. The van der Waals surface area contributed by atoms with Crippen LogP contribution < -0.4 is 14.4 Å². The summed E-state index contributed by atoms with van der Waals surface area (Å²) in [5.74, 6) is -0.410. The van der Waals surface area contributed by atoms with Gasteiger partial charge in [-0.25, -0.2) is 8.42 Å². The molecule has 0 aliphatic rings. The maximum absolute atomic E-state index is 13.8. The van der Waals surface area contributed by atoms with Crippen LogP contribution in [0.1, 0.15) is 25.0 Å². The van der Waals surface area contributed by atoms with Crippen LogP contribution in [-0.2, 0) is 26.2 Å². The van der Waals surface area contributed by atoms with Gasteiger partial charge in [0.2, 0.25) is 11.8 Å². The van der Waals surface area contributed by atoms with Crippen molar-refractivity contribution in [3.63, 3.8) is 0 Å². The van der Waals surface area contributed by atoms with E-state index in [0.717, 1.165) is 9.87 Å². The number of benzene rings is 3. The van der Waals surface area contributed by atoms with Crippen molar-refractivity contribution in [1.29, 1.82) is 0 Å². The summed E-state index contributed by atoms with van der Waals surface area (Å²) >= 11 is 6.34. The molecular formula is C28H32ClN3O5S. The van der Waals surface area contributed by atoms with Crippen molar-refractivity contribution >= 4 is 39.1 Å². The number of carbonyl (C=O) groups is 2. The molecule has 0 heterocycles. The van der Waals surface area contributed by atoms with Crippen LogP contribution in [0.5, 0.6) is 5.75 Å². The van der Waals surface area contributed by atoms with Crippen molar-refractivity contribution < 1.29 is 22.7 Å². The zero-order valence-electron chi connectivity index (χ0n) is 21.8. The van der Waals surface area contributed by atoms with Crippen molar-refractivity contribution in [3.05, 3.63) is 88.9 Å². The highest BCUT2D eigenvalue weighted by molar-refractivity contribution is 7.92. The number of halogens is 1. The third kappa shape index (κ3) is 6.85. The number of sulfonamides is 1. The number of likely N-dealkylation sites (N-methyl/N-ethyl adjacent to an activating group) is 1. The topological polar surface area (TPSA) is 96.0 Å². The lowest BCUT2D eigenvalue weighted by Gasteiger charge is -2.32. The molecule has 0 unspecified atom stereocenters. The summed E-state index contributed by atoms with van der Waals surface area (Å²) < 4.78 is 34.2. The Hall–Kier alpha value is -3.56.